The third kappa shape index (κ3) is 3.98. The number of rotatable bonds is 6. The van der Waals surface area contributed by atoms with Crippen LogP contribution < -0.4 is 5.32 Å². The van der Waals surface area contributed by atoms with Crippen molar-refractivity contribution in [3.8, 4) is 0 Å². The van der Waals surface area contributed by atoms with Crippen LogP contribution in [0.25, 0.3) is 11.0 Å². The number of nitrogens with one attached hydrogen (secondary N) is 1. The maximum absolute atomic E-state index is 12.6. The number of furan rings is 1. The van der Waals surface area contributed by atoms with Gasteiger partial charge in [-0.15, -0.1) is 0 Å². The summed E-state index contributed by atoms with van der Waals surface area (Å²) in [6, 6.07) is 12.7. The molecule has 3 aromatic rings. The molecule has 0 aliphatic carbocycles. The Morgan fingerprint density at radius 2 is 2.00 bits per heavy atom. The second-order valence-corrected chi connectivity index (χ2v) is 6.31. The van der Waals surface area contributed by atoms with E-state index in [1.807, 2.05) is 31.2 Å². The van der Waals surface area contributed by atoms with Gasteiger partial charge >= 0.3 is 0 Å². The van der Waals surface area contributed by atoms with E-state index in [0.29, 0.717) is 28.8 Å². The van der Waals surface area contributed by atoms with Crippen molar-refractivity contribution < 1.29 is 13.9 Å². The number of fused-ring (bicyclic) bond motifs is 1. The second kappa shape index (κ2) is 7.91. The van der Waals surface area contributed by atoms with Gasteiger partial charge in [-0.3, -0.25) is 4.79 Å². The molecule has 0 saturated heterocycles. The lowest BCUT2D eigenvalue weighted by Crippen LogP contribution is -2.23. The number of ether oxygens (including phenoxy) is 1. The highest BCUT2D eigenvalue weighted by Gasteiger charge is 2.20. The third-order valence-corrected chi connectivity index (χ3v) is 4.40. The Hall–Kier alpha value is -2.01. The van der Waals surface area contributed by atoms with Crippen LogP contribution >= 0.6 is 23.2 Å². The second-order valence-electron chi connectivity index (χ2n) is 5.46. The molecule has 25 heavy (non-hydrogen) atoms. The summed E-state index contributed by atoms with van der Waals surface area (Å²) in [4.78, 5) is 12.6. The first-order chi connectivity index (χ1) is 12.1. The van der Waals surface area contributed by atoms with Crippen LogP contribution in [0.1, 0.15) is 28.6 Å². The summed E-state index contributed by atoms with van der Waals surface area (Å²) in [6.45, 7) is 3.06. The van der Waals surface area contributed by atoms with E-state index >= 15 is 0 Å². The Labute approximate surface area is 155 Å². The topological polar surface area (TPSA) is 51.5 Å². The maximum atomic E-state index is 12.6. The number of carbonyl (C=O) groups excluding carboxylic acids is 1. The van der Waals surface area contributed by atoms with Gasteiger partial charge in [-0.05, 0) is 30.7 Å². The Balaban J connectivity index is 1.83. The first-order valence-corrected chi connectivity index (χ1v) is 8.66. The van der Waals surface area contributed by atoms with E-state index in [4.69, 9.17) is 32.4 Å². The molecule has 0 saturated carbocycles. The first kappa shape index (κ1) is 17.8. The lowest BCUT2D eigenvalue weighted by molar-refractivity contribution is 0.0912. The number of carbonyl (C=O) groups is 1. The molecular weight excluding hydrogens is 361 g/mol. The molecule has 1 heterocycles. The van der Waals surface area contributed by atoms with E-state index in [1.165, 1.54) is 0 Å². The molecule has 0 unspecified atom stereocenters. The molecule has 6 heteroatoms. The van der Waals surface area contributed by atoms with Gasteiger partial charge in [0.15, 0.2) is 5.76 Å². The van der Waals surface area contributed by atoms with E-state index in [-0.39, 0.29) is 18.2 Å². The summed E-state index contributed by atoms with van der Waals surface area (Å²) in [5.41, 5.74) is 2.19. The maximum Gasteiger partial charge on any atom is 0.287 e. The highest BCUT2D eigenvalue weighted by atomic mass is 35.5. The molecule has 130 valence electrons. The van der Waals surface area contributed by atoms with Gasteiger partial charge in [0, 0.05) is 34.1 Å². The van der Waals surface area contributed by atoms with Crippen molar-refractivity contribution in [1.82, 2.24) is 5.32 Å². The summed E-state index contributed by atoms with van der Waals surface area (Å²) in [7, 11) is 0. The molecule has 0 fully saturated rings. The normalized spacial score (nSPS) is 11.0. The fraction of sp³-hybridized carbons (Fsp3) is 0.211. The number of para-hydroxylation sites is 1. The summed E-state index contributed by atoms with van der Waals surface area (Å²) in [6.07, 6.45) is 0. The number of hydrogen-bond acceptors (Lipinski definition) is 3. The fourth-order valence-electron chi connectivity index (χ4n) is 2.55. The van der Waals surface area contributed by atoms with E-state index in [1.54, 1.807) is 18.2 Å². The van der Waals surface area contributed by atoms with Crippen molar-refractivity contribution in [1.29, 1.82) is 0 Å². The SMILES string of the molecule is CCOCc1c(C(=O)NCc2ccc(Cl)cc2Cl)oc2ccccc12. The molecule has 2 aromatic carbocycles. The lowest BCUT2D eigenvalue weighted by Gasteiger charge is -2.07. The van der Waals surface area contributed by atoms with Crippen molar-refractivity contribution in [2.45, 2.75) is 20.1 Å². The molecule has 0 spiro atoms. The summed E-state index contributed by atoms with van der Waals surface area (Å²) in [5.74, 6) is -0.0448. The van der Waals surface area contributed by atoms with E-state index in [2.05, 4.69) is 5.32 Å². The summed E-state index contributed by atoms with van der Waals surface area (Å²) in [5, 5.41) is 4.78. The lowest BCUT2D eigenvalue weighted by atomic mass is 10.1. The molecule has 1 N–H and O–H groups in total. The van der Waals surface area contributed by atoms with Gasteiger partial charge in [-0.25, -0.2) is 0 Å². The van der Waals surface area contributed by atoms with Gasteiger partial charge in [0.1, 0.15) is 5.58 Å². The molecular formula is C19H17Cl2NO3. The quantitative estimate of drug-likeness (QED) is 0.641. The third-order valence-electron chi connectivity index (χ3n) is 3.81. The first-order valence-electron chi connectivity index (χ1n) is 7.90. The average Bonchev–Trinajstić information content (AvgIpc) is 2.97. The van der Waals surface area contributed by atoms with Crippen LogP contribution in [0.2, 0.25) is 10.0 Å². The summed E-state index contributed by atoms with van der Waals surface area (Å²) >= 11 is 12.0. The highest BCUT2D eigenvalue weighted by molar-refractivity contribution is 6.35. The van der Waals surface area contributed by atoms with Crippen LogP contribution in [-0.2, 0) is 17.9 Å². The highest BCUT2D eigenvalue weighted by Crippen LogP contribution is 2.27. The number of amides is 1. The van der Waals surface area contributed by atoms with Crippen LogP contribution in [0.4, 0.5) is 0 Å². The van der Waals surface area contributed by atoms with Gasteiger partial charge < -0.3 is 14.5 Å². The van der Waals surface area contributed by atoms with E-state index in [9.17, 15) is 4.79 Å². The molecule has 1 aromatic heterocycles. The molecule has 0 radical (unpaired) electrons. The minimum Gasteiger partial charge on any atom is -0.451 e. The zero-order chi connectivity index (χ0) is 17.8. The predicted molar refractivity (Wildman–Crippen MR) is 99.2 cm³/mol. The van der Waals surface area contributed by atoms with Crippen molar-refractivity contribution >= 4 is 40.1 Å². The van der Waals surface area contributed by atoms with Crippen LogP contribution in [0.3, 0.4) is 0 Å². The fourth-order valence-corrected chi connectivity index (χ4v) is 3.03. The van der Waals surface area contributed by atoms with Crippen molar-refractivity contribution in [2.75, 3.05) is 6.61 Å². The molecule has 0 aliphatic heterocycles. The molecule has 0 atom stereocenters. The standard InChI is InChI=1S/C19H17Cl2NO3/c1-2-24-11-15-14-5-3-4-6-17(14)25-18(15)19(23)22-10-12-7-8-13(20)9-16(12)21/h3-9H,2,10-11H2,1H3,(H,22,23). The smallest absolute Gasteiger partial charge is 0.287 e. The van der Waals surface area contributed by atoms with Crippen LogP contribution in [0, 0.1) is 0 Å². The summed E-state index contributed by atoms with van der Waals surface area (Å²) < 4.78 is 11.2. The van der Waals surface area contributed by atoms with Crippen LogP contribution in [0.15, 0.2) is 46.9 Å². The Morgan fingerprint density at radius 3 is 2.76 bits per heavy atom. The molecule has 3 rings (SSSR count). The van der Waals surface area contributed by atoms with Gasteiger partial charge in [0.2, 0.25) is 0 Å². The monoisotopic (exact) mass is 377 g/mol. The van der Waals surface area contributed by atoms with Gasteiger partial charge in [-0.1, -0.05) is 47.5 Å². The minimum atomic E-state index is -0.308. The van der Waals surface area contributed by atoms with E-state index < -0.39 is 0 Å². The van der Waals surface area contributed by atoms with Crippen LogP contribution in [0.5, 0.6) is 0 Å². The number of benzene rings is 2. The zero-order valence-electron chi connectivity index (χ0n) is 13.6. The van der Waals surface area contributed by atoms with Gasteiger partial charge in [0.25, 0.3) is 5.91 Å². The van der Waals surface area contributed by atoms with Gasteiger partial charge in [0.05, 0.1) is 6.61 Å². The predicted octanol–water partition coefficient (Wildman–Crippen LogP) is 5.21. The zero-order valence-corrected chi connectivity index (χ0v) is 15.2. The molecule has 4 nitrogen and oxygen atoms in total. The van der Waals surface area contributed by atoms with Crippen molar-refractivity contribution in [3.63, 3.8) is 0 Å². The Morgan fingerprint density at radius 1 is 1.20 bits per heavy atom. The Bertz CT molecular complexity index is 905. The van der Waals surface area contributed by atoms with E-state index in [0.717, 1.165) is 16.5 Å². The van der Waals surface area contributed by atoms with Crippen molar-refractivity contribution in [3.05, 3.63) is 69.4 Å². The largest absolute Gasteiger partial charge is 0.451 e. The number of hydrogen-bond donors (Lipinski definition) is 1. The Kier molecular flexibility index (Phi) is 5.63. The minimum absolute atomic E-state index is 0.264. The van der Waals surface area contributed by atoms with Gasteiger partial charge in [-0.2, -0.15) is 0 Å². The number of halogens is 2. The average molecular weight is 378 g/mol. The van der Waals surface area contributed by atoms with Crippen molar-refractivity contribution in [2.24, 2.45) is 0 Å². The van der Waals surface area contributed by atoms with Crippen LogP contribution in [-0.4, -0.2) is 12.5 Å². The molecule has 1 amide bonds. The molecule has 0 aliphatic rings. The molecule has 0 bridgehead atoms.